The minimum atomic E-state index is -0.622. The van der Waals surface area contributed by atoms with E-state index in [4.69, 9.17) is 4.74 Å². The van der Waals surface area contributed by atoms with Crippen molar-refractivity contribution in [3.8, 4) is 0 Å². The van der Waals surface area contributed by atoms with E-state index in [1.54, 1.807) is 34.3 Å². The lowest BCUT2D eigenvalue weighted by molar-refractivity contribution is -0.153. The largest absolute Gasteiger partial charge is 0.361 e. The number of anilines is 1. The van der Waals surface area contributed by atoms with E-state index in [2.05, 4.69) is 4.98 Å². The Morgan fingerprint density at radius 3 is 2.93 bits per heavy atom. The second kappa shape index (κ2) is 7.67. The number of aromatic nitrogens is 1. The Balaban J connectivity index is 1.49. The Labute approximate surface area is 162 Å². The second-order valence-corrected chi connectivity index (χ2v) is 7.39. The first-order valence-corrected chi connectivity index (χ1v) is 9.41. The topological polar surface area (TPSA) is 62.7 Å². The summed E-state index contributed by atoms with van der Waals surface area (Å²) in [7, 11) is 0. The number of halogens is 1. The first-order valence-electron chi connectivity index (χ1n) is 9.41. The quantitative estimate of drug-likeness (QED) is 0.815. The van der Waals surface area contributed by atoms with Crippen LogP contribution in [-0.2, 0) is 20.7 Å². The molecule has 1 atom stereocenters. The van der Waals surface area contributed by atoms with Gasteiger partial charge in [-0.1, -0.05) is 12.1 Å². The van der Waals surface area contributed by atoms with Gasteiger partial charge in [-0.25, -0.2) is 4.39 Å². The average molecular weight is 383 g/mol. The molecule has 0 bridgehead atoms. The smallest absolute Gasteiger partial charge is 0.253 e. The molecular weight excluding hydrogens is 361 g/mol. The van der Waals surface area contributed by atoms with Crippen LogP contribution in [0.3, 0.4) is 0 Å². The molecule has 7 heteroatoms. The van der Waals surface area contributed by atoms with Gasteiger partial charge in [0.2, 0.25) is 5.91 Å². The molecule has 0 N–H and O–H groups in total. The number of hydrogen-bond acceptors (Lipinski definition) is 4. The van der Waals surface area contributed by atoms with Crippen molar-refractivity contribution in [2.75, 3.05) is 31.1 Å². The number of amides is 2. The third kappa shape index (κ3) is 3.89. The lowest BCUT2D eigenvalue weighted by atomic mass is 9.90. The molecule has 1 spiro atoms. The normalized spacial score (nSPS) is 22.5. The number of morpholine rings is 1. The van der Waals surface area contributed by atoms with Gasteiger partial charge in [-0.3, -0.25) is 14.6 Å². The molecule has 3 heterocycles. The molecule has 28 heavy (non-hydrogen) atoms. The van der Waals surface area contributed by atoms with E-state index in [0.29, 0.717) is 25.3 Å². The van der Waals surface area contributed by atoms with Crippen LogP contribution < -0.4 is 4.90 Å². The lowest BCUT2D eigenvalue weighted by Crippen LogP contribution is -2.62. The summed E-state index contributed by atoms with van der Waals surface area (Å²) in [4.78, 5) is 32.6. The van der Waals surface area contributed by atoms with Gasteiger partial charge in [0.25, 0.3) is 5.91 Å². The van der Waals surface area contributed by atoms with Crippen molar-refractivity contribution >= 4 is 17.5 Å². The van der Waals surface area contributed by atoms with Gasteiger partial charge in [0.05, 0.1) is 19.5 Å². The number of piperidine rings is 1. The molecule has 1 aromatic carbocycles. The van der Waals surface area contributed by atoms with Crippen molar-refractivity contribution in [3.63, 3.8) is 0 Å². The van der Waals surface area contributed by atoms with Crippen molar-refractivity contribution < 1.29 is 18.7 Å². The Morgan fingerprint density at radius 1 is 1.25 bits per heavy atom. The number of ether oxygens (including phenoxy) is 1. The fraction of sp³-hybridized carbons (Fsp3) is 0.381. The summed E-state index contributed by atoms with van der Waals surface area (Å²) in [6, 6.07) is 9.70. The van der Waals surface area contributed by atoms with Crippen LogP contribution in [0, 0.1) is 5.82 Å². The number of benzene rings is 1. The molecular formula is C21H22FN3O3. The monoisotopic (exact) mass is 383 g/mol. The highest BCUT2D eigenvalue weighted by Crippen LogP contribution is 2.32. The predicted octanol–water partition coefficient (Wildman–Crippen LogP) is 2.19. The number of rotatable bonds is 3. The molecule has 2 aliphatic rings. The first-order chi connectivity index (χ1) is 13.5. The van der Waals surface area contributed by atoms with Gasteiger partial charge < -0.3 is 14.5 Å². The molecule has 2 aliphatic heterocycles. The molecule has 2 saturated heterocycles. The molecule has 4 rings (SSSR count). The number of pyridine rings is 1. The standard InChI is InChI=1S/C21H22FN3O3/c22-17-5-1-6-18(11-17)25-15-21(28-13-20(25)27)7-3-9-24(14-21)19(26)10-16-4-2-8-23-12-16/h1-2,4-6,8,11-12H,3,7,9-10,13-15H2. The highest BCUT2D eigenvalue weighted by molar-refractivity contribution is 5.95. The minimum absolute atomic E-state index is 0.0184. The molecule has 2 amide bonds. The Bertz CT molecular complexity index is 876. The van der Waals surface area contributed by atoms with Crippen LogP contribution in [-0.4, -0.2) is 53.5 Å². The second-order valence-electron chi connectivity index (χ2n) is 7.39. The predicted molar refractivity (Wildman–Crippen MR) is 101 cm³/mol. The lowest BCUT2D eigenvalue weighted by Gasteiger charge is -2.47. The third-order valence-electron chi connectivity index (χ3n) is 5.34. The van der Waals surface area contributed by atoms with Gasteiger partial charge >= 0.3 is 0 Å². The molecule has 1 unspecified atom stereocenters. The van der Waals surface area contributed by atoms with E-state index in [0.717, 1.165) is 18.4 Å². The van der Waals surface area contributed by atoms with Crippen molar-refractivity contribution in [2.24, 2.45) is 0 Å². The van der Waals surface area contributed by atoms with Crippen LogP contribution in [0.5, 0.6) is 0 Å². The van der Waals surface area contributed by atoms with Crippen molar-refractivity contribution in [1.29, 1.82) is 0 Å². The maximum Gasteiger partial charge on any atom is 0.253 e. The van der Waals surface area contributed by atoms with Crippen molar-refractivity contribution in [3.05, 3.63) is 60.2 Å². The minimum Gasteiger partial charge on any atom is -0.361 e. The fourth-order valence-electron chi connectivity index (χ4n) is 3.94. The number of carbonyl (C=O) groups excluding carboxylic acids is 2. The summed E-state index contributed by atoms with van der Waals surface area (Å²) in [6.45, 7) is 1.33. The highest BCUT2D eigenvalue weighted by atomic mass is 19.1. The maximum atomic E-state index is 13.6. The SMILES string of the molecule is O=C(Cc1cccnc1)N1CCCC2(C1)CN(c1cccc(F)c1)C(=O)CO2. The zero-order chi connectivity index (χ0) is 19.6. The van der Waals surface area contributed by atoms with E-state index >= 15 is 0 Å². The third-order valence-corrected chi connectivity index (χ3v) is 5.34. The van der Waals surface area contributed by atoms with Crippen molar-refractivity contribution in [1.82, 2.24) is 9.88 Å². The zero-order valence-corrected chi connectivity index (χ0v) is 15.5. The Morgan fingerprint density at radius 2 is 2.14 bits per heavy atom. The number of hydrogen-bond donors (Lipinski definition) is 0. The van der Waals surface area contributed by atoms with Gasteiger partial charge in [-0.2, -0.15) is 0 Å². The molecule has 146 valence electrons. The molecule has 0 aliphatic carbocycles. The van der Waals surface area contributed by atoms with Gasteiger partial charge in [0.15, 0.2) is 0 Å². The molecule has 2 fully saturated rings. The number of likely N-dealkylation sites (tertiary alicyclic amines) is 1. The van der Waals surface area contributed by atoms with Crippen LogP contribution in [0.1, 0.15) is 18.4 Å². The van der Waals surface area contributed by atoms with Gasteiger partial charge in [0, 0.05) is 24.6 Å². The number of carbonyl (C=O) groups is 2. The van der Waals surface area contributed by atoms with E-state index < -0.39 is 5.60 Å². The Hall–Kier alpha value is -2.80. The van der Waals surface area contributed by atoms with Crippen LogP contribution in [0.4, 0.5) is 10.1 Å². The van der Waals surface area contributed by atoms with Crippen LogP contribution in [0.25, 0.3) is 0 Å². The van der Waals surface area contributed by atoms with E-state index in [9.17, 15) is 14.0 Å². The maximum absolute atomic E-state index is 13.6. The van der Waals surface area contributed by atoms with E-state index in [1.165, 1.54) is 12.1 Å². The fourth-order valence-corrected chi connectivity index (χ4v) is 3.94. The number of nitrogens with zero attached hydrogens (tertiary/aromatic N) is 3. The zero-order valence-electron chi connectivity index (χ0n) is 15.5. The van der Waals surface area contributed by atoms with Gasteiger partial charge in [-0.15, -0.1) is 0 Å². The molecule has 1 aromatic heterocycles. The highest BCUT2D eigenvalue weighted by Gasteiger charge is 2.44. The van der Waals surface area contributed by atoms with Gasteiger partial charge in [0.1, 0.15) is 18.0 Å². The summed E-state index contributed by atoms with van der Waals surface area (Å²) in [6.07, 6.45) is 5.21. The summed E-state index contributed by atoms with van der Waals surface area (Å²) < 4.78 is 19.6. The molecule has 0 radical (unpaired) electrons. The van der Waals surface area contributed by atoms with E-state index in [-0.39, 0.29) is 30.7 Å². The van der Waals surface area contributed by atoms with Gasteiger partial charge in [-0.05, 0) is 42.7 Å². The summed E-state index contributed by atoms with van der Waals surface area (Å²) in [5.41, 5.74) is 0.767. The average Bonchev–Trinajstić information content (AvgIpc) is 2.71. The molecule has 2 aromatic rings. The van der Waals surface area contributed by atoms with Crippen LogP contribution in [0.15, 0.2) is 48.8 Å². The van der Waals surface area contributed by atoms with E-state index in [1.807, 2.05) is 12.1 Å². The van der Waals surface area contributed by atoms with Crippen LogP contribution in [0.2, 0.25) is 0 Å². The van der Waals surface area contributed by atoms with Crippen LogP contribution >= 0.6 is 0 Å². The van der Waals surface area contributed by atoms with Crippen molar-refractivity contribution in [2.45, 2.75) is 24.9 Å². The Kier molecular flexibility index (Phi) is 5.09. The summed E-state index contributed by atoms with van der Waals surface area (Å²) >= 11 is 0. The first kappa shape index (κ1) is 18.6. The molecule has 0 saturated carbocycles. The summed E-state index contributed by atoms with van der Waals surface area (Å²) in [5.74, 6) is -0.567. The summed E-state index contributed by atoms with van der Waals surface area (Å²) in [5, 5.41) is 0. The molecule has 6 nitrogen and oxygen atoms in total.